The third-order valence-electron chi connectivity index (χ3n) is 3.04. The van der Waals surface area contributed by atoms with Crippen LogP contribution >= 0.6 is 11.6 Å². The number of aliphatic hydroxyl groups excluding tert-OH is 1. The molecule has 0 fully saturated rings. The second-order valence-electron chi connectivity index (χ2n) is 4.25. The quantitative estimate of drug-likeness (QED) is 0.777. The molecule has 0 aliphatic heterocycles. The van der Waals surface area contributed by atoms with Crippen LogP contribution in [0.3, 0.4) is 0 Å². The molecule has 1 aromatic carbocycles. The Balaban J connectivity index is 2.11. The van der Waals surface area contributed by atoms with Gasteiger partial charge in [0.05, 0.1) is 10.7 Å². The molecule has 2 heterocycles. The smallest absolute Gasteiger partial charge is 0.122 e. The van der Waals surface area contributed by atoms with Crippen LogP contribution in [0.5, 0.6) is 0 Å². The van der Waals surface area contributed by atoms with Crippen molar-refractivity contribution in [2.45, 2.75) is 6.10 Å². The fraction of sp³-hybridized carbons (Fsp3) is 0.0667. The van der Waals surface area contributed by atoms with Crippen LogP contribution in [-0.4, -0.2) is 15.1 Å². The summed E-state index contributed by atoms with van der Waals surface area (Å²) < 4.78 is 0. The monoisotopic (exact) mass is 270 g/mol. The Bertz CT molecular complexity index is 707. The molecule has 3 nitrogen and oxygen atoms in total. The van der Waals surface area contributed by atoms with Gasteiger partial charge < -0.3 is 5.11 Å². The first-order valence-corrected chi connectivity index (χ1v) is 6.25. The van der Waals surface area contributed by atoms with E-state index in [1.807, 2.05) is 24.3 Å². The summed E-state index contributed by atoms with van der Waals surface area (Å²) in [5.41, 5.74) is 1.36. The number of aromatic nitrogens is 2. The van der Waals surface area contributed by atoms with Crippen LogP contribution in [-0.2, 0) is 0 Å². The number of rotatable bonds is 2. The Kier molecular flexibility index (Phi) is 3.15. The molecule has 0 aliphatic carbocycles. The topological polar surface area (TPSA) is 46.0 Å². The summed E-state index contributed by atoms with van der Waals surface area (Å²) in [5.74, 6) is 0. The first-order valence-electron chi connectivity index (χ1n) is 5.88. The molecule has 0 saturated heterocycles. The third kappa shape index (κ3) is 2.30. The molecule has 0 spiro atoms. The Labute approximate surface area is 115 Å². The standard InChI is InChI=1S/C15H11ClN2O/c16-11-4-5-14(18-8-11)15(19)12-3-1-2-10-6-7-17-9-13(10)12/h1-9,15,19H. The minimum atomic E-state index is -0.787. The number of hydrogen-bond acceptors (Lipinski definition) is 3. The summed E-state index contributed by atoms with van der Waals surface area (Å²) >= 11 is 5.80. The van der Waals surface area contributed by atoms with Gasteiger partial charge in [-0.1, -0.05) is 29.8 Å². The van der Waals surface area contributed by atoms with Gasteiger partial charge in [-0.15, -0.1) is 0 Å². The van der Waals surface area contributed by atoms with Crippen molar-refractivity contribution in [2.24, 2.45) is 0 Å². The van der Waals surface area contributed by atoms with Gasteiger partial charge in [0.15, 0.2) is 0 Å². The molecular formula is C15H11ClN2O. The predicted octanol–water partition coefficient (Wildman–Crippen LogP) is 3.36. The van der Waals surface area contributed by atoms with E-state index in [1.165, 1.54) is 6.20 Å². The highest BCUT2D eigenvalue weighted by molar-refractivity contribution is 6.30. The molecule has 1 N–H and O–H groups in total. The largest absolute Gasteiger partial charge is 0.382 e. The molecule has 1 unspecified atom stereocenters. The van der Waals surface area contributed by atoms with Gasteiger partial charge in [0, 0.05) is 24.0 Å². The average molecular weight is 271 g/mol. The number of benzene rings is 1. The van der Waals surface area contributed by atoms with E-state index in [2.05, 4.69) is 9.97 Å². The van der Waals surface area contributed by atoms with Crippen molar-refractivity contribution in [3.05, 3.63) is 71.3 Å². The zero-order valence-electron chi connectivity index (χ0n) is 9.99. The number of fused-ring (bicyclic) bond motifs is 1. The molecule has 2 aromatic heterocycles. The molecule has 0 aliphatic rings. The van der Waals surface area contributed by atoms with Crippen molar-refractivity contribution in [1.29, 1.82) is 0 Å². The van der Waals surface area contributed by atoms with Crippen LogP contribution in [0.25, 0.3) is 10.8 Å². The van der Waals surface area contributed by atoms with E-state index in [0.717, 1.165) is 16.3 Å². The minimum Gasteiger partial charge on any atom is -0.382 e. The molecule has 1 atom stereocenters. The maximum atomic E-state index is 10.4. The van der Waals surface area contributed by atoms with E-state index in [0.29, 0.717) is 10.7 Å². The van der Waals surface area contributed by atoms with Crippen LogP contribution in [0.4, 0.5) is 0 Å². The molecule has 0 radical (unpaired) electrons. The molecule has 0 saturated carbocycles. The lowest BCUT2D eigenvalue weighted by molar-refractivity contribution is 0.217. The van der Waals surface area contributed by atoms with Crippen molar-refractivity contribution in [3.63, 3.8) is 0 Å². The predicted molar refractivity (Wildman–Crippen MR) is 75.1 cm³/mol. The van der Waals surface area contributed by atoms with E-state index >= 15 is 0 Å². The van der Waals surface area contributed by atoms with Crippen LogP contribution in [0, 0.1) is 0 Å². The molecule has 94 valence electrons. The molecule has 0 amide bonds. The van der Waals surface area contributed by atoms with Crippen LogP contribution in [0.15, 0.2) is 55.0 Å². The van der Waals surface area contributed by atoms with Crippen molar-refractivity contribution >= 4 is 22.4 Å². The maximum Gasteiger partial charge on any atom is 0.122 e. The summed E-state index contributed by atoms with van der Waals surface area (Å²) in [6.07, 6.45) is 4.23. The number of aliphatic hydroxyl groups is 1. The van der Waals surface area contributed by atoms with Gasteiger partial charge >= 0.3 is 0 Å². The van der Waals surface area contributed by atoms with E-state index in [1.54, 1.807) is 24.5 Å². The molecule has 3 rings (SSSR count). The van der Waals surface area contributed by atoms with Crippen LogP contribution in [0.1, 0.15) is 17.4 Å². The molecule has 19 heavy (non-hydrogen) atoms. The van der Waals surface area contributed by atoms with Gasteiger partial charge in [-0.3, -0.25) is 9.97 Å². The summed E-state index contributed by atoms with van der Waals surface area (Å²) in [4.78, 5) is 8.27. The normalized spacial score (nSPS) is 12.5. The van der Waals surface area contributed by atoms with Crippen molar-refractivity contribution in [3.8, 4) is 0 Å². The van der Waals surface area contributed by atoms with Gasteiger partial charge in [0.1, 0.15) is 6.10 Å². The lowest BCUT2D eigenvalue weighted by atomic mass is 10.00. The first kappa shape index (κ1) is 12.1. The highest BCUT2D eigenvalue weighted by atomic mass is 35.5. The summed E-state index contributed by atoms with van der Waals surface area (Å²) in [6.45, 7) is 0. The van der Waals surface area contributed by atoms with Crippen LogP contribution < -0.4 is 0 Å². The molecule has 0 bridgehead atoms. The van der Waals surface area contributed by atoms with E-state index in [9.17, 15) is 5.11 Å². The second-order valence-corrected chi connectivity index (χ2v) is 4.68. The summed E-state index contributed by atoms with van der Waals surface area (Å²) in [7, 11) is 0. The Morgan fingerprint density at radius 1 is 1.05 bits per heavy atom. The average Bonchev–Trinajstić information content (AvgIpc) is 2.47. The van der Waals surface area contributed by atoms with Gasteiger partial charge in [-0.2, -0.15) is 0 Å². The fourth-order valence-electron chi connectivity index (χ4n) is 2.08. The highest BCUT2D eigenvalue weighted by Gasteiger charge is 2.14. The molecular weight excluding hydrogens is 260 g/mol. The fourth-order valence-corrected chi connectivity index (χ4v) is 2.20. The van der Waals surface area contributed by atoms with E-state index in [-0.39, 0.29) is 0 Å². The van der Waals surface area contributed by atoms with Gasteiger partial charge in [0.25, 0.3) is 0 Å². The van der Waals surface area contributed by atoms with Crippen molar-refractivity contribution in [2.75, 3.05) is 0 Å². The van der Waals surface area contributed by atoms with E-state index in [4.69, 9.17) is 11.6 Å². The Morgan fingerprint density at radius 2 is 1.95 bits per heavy atom. The van der Waals surface area contributed by atoms with Crippen molar-refractivity contribution < 1.29 is 5.11 Å². The summed E-state index contributed by atoms with van der Waals surface area (Å²) in [5, 5.41) is 13.0. The highest BCUT2D eigenvalue weighted by Crippen LogP contribution is 2.27. The van der Waals surface area contributed by atoms with Gasteiger partial charge in [-0.25, -0.2) is 0 Å². The van der Waals surface area contributed by atoms with Gasteiger partial charge in [0.2, 0.25) is 0 Å². The number of pyridine rings is 2. The third-order valence-corrected chi connectivity index (χ3v) is 3.27. The maximum absolute atomic E-state index is 10.4. The minimum absolute atomic E-state index is 0.551. The molecule has 3 aromatic rings. The number of nitrogens with zero attached hydrogens (tertiary/aromatic N) is 2. The van der Waals surface area contributed by atoms with Crippen molar-refractivity contribution in [1.82, 2.24) is 9.97 Å². The lowest BCUT2D eigenvalue weighted by Crippen LogP contribution is -2.02. The number of hydrogen-bond donors (Lipinski definition) is 1. The lowest BCUT2D eigenvalue weighted by Gasteiger charge is -2.13. The second kappa shape index (κ2) is 4.96. The SMILES string of the molecule is OC(c1ccc(Cl)cn1)c1cccc2ccncc12. The Morgan fingerprint density at radius 3 is 2.74 bits per heavy atom. The first-order chi connectivity index (χ1) is 9.25. The van der Waals surface area contributed by atoms with Gasteiger partial charge in [-0.05, 0) is 29.1 Å². The zero-order chi connectivity index (χ0) is 13.2. The van der Waals surface area contributed by atoms with Crippen LogP contribution in [0.2, 0.25) is 5.02 Å². The van der Waals surface area contributed by atoms with E-state index < -0.39 is 6.10 Å². The zero-order valence-corrected chi connectivity index (χ0v) is 10.7. The summed E-state index contributed by atoms with van der Waals surface area (Å²) in [6, 6.07) is 11.1. The molecule has 4 heteroatoms. The Hall–Kier alpha value is -1.97. The number of halogens is 1.